The van der Waals surface area contributed by atoms with Gasteiger partial charge in [-0.05, 0) is 39.8 Å². The molecule has 0 radical (unpaired) electrons. The maximum atomic E-state index is 13.6. The Kier molecular flexibility index (Phi) is 4.44. The maximum absolute atomic E-state index is 13.6. The second kappa shape index (κ2) is 5.17. The molecule has 100 valence electrons. The molecule has 18 heavy (non-hydrogen) atoms. The predicted molar refractivity (Wildman–Crippen MR) is 70.5 cm³/mol. The fraction of sp³-hybridized carbons (Fsp3) is 0.500. The van der Waals surface area contributed by atoms with E-state index < -0.39 is 24.1 Å². The van der Waals surface area contributed by atoms with Gasteiger partial charge in [0.2, 0.25) is 0 Å². The van der Waals surface area contributed by atoms with Crippen molar-refractivity contribution in [3.8, 4) is 0 Å². The van der Waals surface area contributed by atoms with Gasteiger partial charge in [0.1, 0.15) is 5.82 Å². The summed E-state index contributed by atoms with van der Waals surface area (Å²) in [5.41, 5.74) is -2.24. The normalized spacial score (nSPS) is 12.7. The van der Waals surface area contributed by atoms with Crippen LogP contribution >= 0.6 is 11.6 Å². The minimum absolute atomic E-state index is 0.0169. The van der Waals surface area contributed by atoms with Crippen molar-refractivity contribution in [2.45, 2.75) is 38.9 Å². The highest BCUT2D eigenvalue weighted by atomic mass is 35.5. The van der Waals surface area contributed by atoms with Crippen molar-refractivity contribution >= 4 is 24.2 Å². The largest absolute Gasteiger partial charge is 0.494 e. The molecule has 1 aromatic rings. The Labute approximate surface area is 112 Å². The summed E-state index contributed by atoms with van der Waals surface area (Å²) in [5, 5.41) is 20.0. The van der Waals surface area contributed by atoms with E-state index >= 15 is 0 Å². The van der Waals surface area contributed by atoms with Crippen LogP contribution in [0.25, 0.3) is 0 Å². The highest BCUT2D eigenvalue weighted by Gasteiger charge is 2.40. The van der Waals surface area contributed by atoms with Crippen molar-refractivity contribution in [1.29, 1.82) is 0 Å². The summed E-state index contributed by atoms with van der Waals surface area (Å²) in [6.07, 6.45) is 0. The van der Waals surface area contributed by atoms with Crippen LogP contribution in [0.4, 0.5) is 4.39 Å². The molecule has 0 unspecified atom stereocenters. The fourth-order valence-corrected chi connectivity index (χ4v) is 1.35. The van der Waals surface area contributed by atoms with Gasteiger partial charge in [0.25, 0.3) is 0 Å². The molecule has 1 rings (SSSR count). The molecule has 3 nitrogen and oxygen atoms in total. The number of aliphatic hydroxyl groups is 1. The molecular formula is C12H17BClFO3. The Morgan fingerprint density at radius 1 is 1.28 bits per heavy atom. The average molecular weight is 275 g/mol. The van der Waals surface area contributed by atoms with Crippen molar-refractivity contribution in [3.05, 3.63) is 29.0 Å². The Hall–Kier alpha value is -0.615. The topological polar surface area (TPSA) is 49.7 Å². The molecule has 2 N–H and O–H groups in total. The zero-order valence-electron chi connectivity index (χ0n) is 10.9. The van der Waals surface area contributed by atoms with Gasteiger partial charge in [0.05, 0.1) is 11.2 Å². The molecule has 0 aliphatic carbocycles. The maximum Gasteiger partial charge on any atom is 0.494 e. The molecule has 6 heteroatoms. The second-order valence-electron chi connectivity index (χ2n) is 5.21. The van der Waals surface area contributed by atoms with Crippen molar-refractivity contribution in [1.82, 2.24) is 0 Å². The first-order chi connectivity index (χ1) is 8.04. The first kappa shape index (κ1) is 15.4. The van der Waals surface area contributed by atoms with Crippen LogP contribution in [0, 0.1) is 5.82 Å². The summed E-state index contributed by atoms with van der Waals surface area (Å²) >= 11 is 5.62. The number of benzene rings is 1. The summed E-state index contributed by atoms with van der Waals surface area (Å²) in [6, 6.07) is 3.91. The molecule has 0 aromatic heterocycles. The second-order valence-corrected chi connectivity index (χ2v) is 5.64. The zero-order chi connectivity index (χ0) is 14.1. The molecule has 0 saturated heterocycles. The quantitative estimate of drug-likeness (QED) is 0.822. The van der Waals surface area contributed by atoms with E-state index in [2.05, 4.69) is 0 Å². The number of hydrogen-bond acceptors (Lipinski definition) is 3. The van der Waals surface area contributed by atoms with Gasteiger partial charge >= 0.3 is 7.12 Å². The van der Waals surface area contributed by atoms with Crippen LogP contribution < -0.4 is 5.46 Å². The summed E-state index contributed by atoms with van der Waals surface area (Å²) < 4.78 is 18.9. The van der Waals surface area contributed by atoms with Crippen LogP contribution in [0.5, 0.6) is 0 Å². The van der Waals surface area contributed by atoms with E-state index in [1.54, 1.807) is 27.7 Å². The monoisotopic (exact) mass is 274 g/mol. The van der Waals surface area contributed by atoms with E-state index in [-0.39, 0.29) is 10.5 Å². The molecular weight excluding hydrogens is 257 g/mol. The van der Waals surface area contributed by atoms with E-state index in [9.17, 15) is 14.5 Å². The lowest BCUT2D eigenvalue weighted by Crippen LogP contribution is -2.53. The smallest absolute Gasteiger partial charge is 0.423 e. The lowest BCUT2D eigenvalue weighted by molar-refractivity contribution is -0.0983. The summed E-state index contributed by atoms with van der Waals surface area (Å²) in [7, 11) is -1.47. The average Bonchev–Trinajstić information content (AvgIpc) is 2.14. The summed E-state index contributed by atoms with van der Waals surface area (Å²) in [4.78, 5) is 0. The van der Waals surface area contributed by atoms with Crippen molar-refractivity contribution in [2.75, 3.05) is 0 Å². The lowest BCUT2D eigenvalue weighted by atomic mass is 9.76. The van der Waals surface area contributed by atoms with Crippen molar-refractivity contribution in [2.24, 2.45) is 0 Å². The van der Waals surface area contributed by atoms with E-state index in [4.69, 9.17) is 16.3 Å². The van der Waals surface area contributed by atoms with Crippen molar-refractivity contribution < 1.29 is 19.2 Å². The predicted octanol–water partition coefficient (Wildman–Crippen LogP) is 1.73. The minimum atomic E-state index is -1.47. The van der Waals surface area contributed by atoms with Gasteiger partial charge < -0.3 is 14.8 Å². The Balaban J connectivity index is 2.92. The van der Waals surface area contributed by atoms with Gasteiger partial charge in [-0.3, -0.25) is 0 Å². The van der Waals surface area contributed by atoms with Crippen LogP contribution in [-0.4, -0.2) is 28.5 Å². The molecule has 0 atom stereocenters. The molecule has 0 amide bonds. The Morgan fingerprint density at radius 3 is 2.28 bits per heavy atom. The van der Waals surface area contributed by atoms with E-state index in [1.807, 2.05) is 0 Å². The van der Waals surface area contributed by atoms with Crippen LogP contribution in [0.3, 0.4) is 0 Å². The Morgan fingerprint density at radius 2 is 1.83 bits per heavy atom. The van der Waals surface area contributed by atoms with E-state index in [0.717, 1.165) is 6.07 Å². The molecule has 0 aliphatic rings. The zero-order valence-corrected chi connectivity index (χ0v) is 11.6. The van der Waals surface area contributed by atoms with E-state index in [0.29, 0.717) is 0 Å². The summed E-state index contributed by atoms with van der Waals surface area (Å²) in [5.74, 6) is -0.651. The van der Waals surface area contributed by atoms with Gasteiger partial charge in [-0.1, -0.05) is 17.7 Å². The first-order valence-corrected chi connectivity index (χ1v) is 5.95. The SMILES string of the molecule is CC(C)(O)C(C)(C)OB(O)c1ccc(Cl)cc1F. The fourth-order valence-electron chi connectivity index (χ4n) is 1.19. The highest BCUT2D eigenvalue weighted by molar-refractivity contribution is 6.60. The molecule has 0 bridgehead atoms. The third-order valence-corrected chi connectivity index (χ3v) is 3.34. The molecule has 1 aromatic carbocycles. The van der Waals surface area contributed by atoms with Gasteiger partial charge in [0, 0.05) is 10.5 Å². The molecule has 0 saturated carbocycles. The summed E-state index contributed by atoms with van der Waals surface area (Å²) in [6.45, 7) is 6.34. The van der Waals surface area contributed by atoms with Crippen molar-refractivity contribution in [3.63, 3.8) is 0 Å². The molecule has 0 spiro atoms. The third-order valence-electron chi connectivity index (χ3n) is 3.11. The first-order valence-electron chi connectivity index (χ1n) is 5.58. The van der Waals surface area contributed by atoms with Crippen LogP contribution in [-0.2, 0) is 4.65 Å². The Bertz CT molecular complexity index is 432. The number of hydrogen-bond donors (Lipinski definition) is 2. The minimum Gasteiger partial charge on any atom is -0.423 e. The van der Waals surface area contributed by atoms with Gasteiger partial charge in [-0.25, -0.2) is 4.39 Å². The van der Waals surface area contributed by atoms with Crippen LogP contribution in [0.1, 0.15) is 27.7 Å². The third kappa shape index (κ3) is 3.45. The molecule has 0 heterocycles. The molecule has 0 fully saturated rings. The van der Waals surface area contributed by atoms with Crippen LogP contribution in [0.2, 0.25) is 5.02 Å². The van der Waals surface area contributed by atoms with Crippen LogP contribution in [0.15, 0.2) is 18.2 Å². The van der Waals surface area contributed by atoms with Gasteiger partial charge in [0.15, 0.2) is 0 Å². The number of rotatable bonds is 4. The highest BCUT2D eigenvalue weighted by Crippen LogP contribution is 2.25. The molecule has 0 aliphatic heterocycles. The van der Waals surface area contributed by atoms with Gasteiger partial charge in [-0.15, -0.1) is 0 Å². The lowest BCUT2D eigenvalue weighted by Gasteiger charge is -2.38. The van der Waals surface area contributed by atoms with Gasteiger partial charge in [-0.2, -0.15) is 0 Å². The standard InChI is InChI=1S/C12H17BClFO3/c1-11(2,16)12(3,4)18-13(17)9-6-5-8(14)7-10(9)15/h5-7,16-17H,1-4H3. The van der Waals surface area contributed by atoms with E-state index in [1.165, 1.54) is 12.1 Å². The number of halogens is 2.